The van der Waals surface area contributed by atoms with Crippen molar-refractivity contribution < 1.29 is 19.1 Å². The second-order valence-corrected chi connectivity index (χ2v) is 12.9. The molecule has 0 bridgehead atoms. The summed E-state index contributed by atoms with van der Waals surface area (Å²) in [4.78, 5) is 28.1. The molecule has 2 aromatic carbocycles. The minimum atomic E-state index is -0.403. The molecule has 2 amide bonds. The van der Waals surface area contributed by atoms with Gasteiger partial charge in [0, 0.05) is 42.0 Å². The monoisotopic (exact) mass is 600 g/mol. The molecule has 8 nitrogen and oxygen atoms in total. The van der Waals surface area contributed by atoms with Gasteiger partial charge in [0.25, 0.3) is 0 Å². The first-order valence-electron chi connectivity index (χ1n) is 16.2. The molecule has 0 saturated heterocycles. The number of anilines is 1. The lowest BCUT2D eigenvalue weighted by Gasteiger charge is -2.36. The van der Waals surface area contributed by atoms with Crippen molar-refractivity contribution in [3.63, 3.8) is 0 Å². The van der Waals surface area contributed by atoms with E-state index in [0.717, 1.165) is 80.5 Å². The highest BCUT2D eigenvalue weighted by Crippen LogP contribution is 2.39. The van der Waals surface area contributed by atoms with Crippen molar-refractivity contribution in [1.82, 2.24) is 15.1 Å². The lowest BCUT2D eigenvalue weighted by Crippen LogP contribution is -2.44. The molecule has 8 heteroatoms. The molecular formula is C36H48N4O4. The fourth-order valence-electron chi connectivity index (χ4n) is 6.97. The molecule has 3 aromatic rings. The number of ether oxygens (including phenoxy) is 2. The number of aryl methyl sites for hydroxylation is 1. The van der Waals surface area contributed by atoms with Gasteiger partial charge in [-0.2, -0.15) is 5.10 Å². The van der Waals surface area contributed by atoms with Gasteiger partial charge in [-0.15, -0.1) is 0 Å². The maximum absolute atomic E-state index is 14.3. The Morgan fingerprint density at radius 2 is 1.73 bits per heavy atom. The zero-order chi connectivity index (χ0) is 31.2. The van der Waals surface area contributed by atoms with Gasteiger partial charge < -0.3 is 19.7 Å². The van der Waals surface area contributed by atoms with Gasteiger partial charge in [0.2, 0.25) is 5.91 Å². The highest BCUT2D eigenvalue weighted by molar-refractivity contribution is 5.95. The van der Waals surface area contributed by atoms with Crippen LogP contribution in [0.4, 0.5) is 10.5 Å². The zero-order valence-electron chi connectivity index (χ0n) is 26.9. The zero-order valence-corrected chi connectivity index (χ0v) is 26.9. The number of aromatic nitrogens is 2. The molecule has 2 fully saturated rings. The summed E-state index contributed by atoms with van der Waals surface area (Å²) in [6.45, 7) is 7.07. The molecule has 0 atom stereocenters. The summed E-state index contributed by atoms with van der Waals surface area (Å²) in [5.41, 5.74) is 5.64. The normalized spacial score (nSPS) is 22.0. The molecule has 5 rings (SSSR count). The lowest BCUT2D eigenvalue weighted by atomic mass is 9.78. The van der Waals surface area contributed by atoms with E-state index in [4.69, 9.17) is 9.47 Å². The second-order valence-electron chi connectivity index (χ2n) is 12.9. The van der Waals surface area contributed by atoms with Gasteiger partial charge in [-0.25, -0.2) is 4.79 Å². The SMILES string of the molecule is COC(=O)NC1CCC(C(=O)N(CC2CCC(c3ccc(OC)c(C)c3)CC2)c2cccc(-c3cnn(C(C)C)c3)c2)CC1. The Balaban J connectivity index is 1.32. The number of hydrogen-bond donors (Lipinski definition) is 1. The van der Waals surface area contributed by atoms with Crippen LogP contribution in [0.3, 0.4) is 0 Å². The van der Waals surface area contributed by atoms with Crippen molar-refractivity contribution in [2.75, 3.05) is 25.7 Å². The molecule has 236 valence electrons. The van der Waals surface area contributed by atoms with Crippen molar-refractivity contribution >= 4 is 17.7 Å². The third-order valence-corrected chi connectivity index (χ3v) is 9.65. The van der Waals surface area contributed by atoms with E-state index in [1.807, 2.05) is 10.9 Å². The average Bonchev–Trinajstić information content (AvgIpc) is 3.55. The predicted octanol–water partition coefficient (Wildman–Crippen LogP) is 7.67. The maximum atomic E-state index is 14.3. The van der Waals surface area contributed by atoms with Gasteiger partial charge in [-0.1, -0.05) is 24.3 Å². The number of alkyl carbamates (subject to hydrolysis) is 1. The van der Waals surface area contributed by atoms with Crippen LogP contribution in [-0.4, -0.2) is 48.6 Å². The Labute approximate surface area is 262 Å². The summed E-state index contributed by atoms with van der Waals surface area (Å²) in [5, 5.41) is 7.46. The molecule has 1 aromatic heterocycles. The Morgan fingerprint density at radius 1 is 0.977 bits per heavy atom. The molecule has 0 radical (unpaired) electrons. The number of carbonyl (C=O) groups is 2. The van der Waals surface area contributed by atoms with Crippen molar-refractivity contribution in [2.24, 2.45) is 11.8 Å². The number of nitrogens with zero attached hydrogens (tertiary/aromatic N) is 3. The molecule has 44 heavy (non-hydrogen) atoms. The fourth-order valence-corrected chi connectivity index (χ4v) is 6.97. The first kappa shape index (κ1) is 31.6. The molecule has 0 spiro atoms. The Morgan fingerprint density at radius 3 is 2.36 bits per heavy atom. The molecule has 2 aliphatic rings. The Hall–Kier alpha value is -3.81. The van der Waals surface area contributed by atoms with E-state index in [0.29, 0.717) is 11.8 Å². The highest BCUT2D eigenvalue weighted by Gasteiger charge is 2.33. The quantitative estimate of drug-likeness (QED) is 0.272. The summed E-state index contributed by atoms with van der Waals surface area (Å²) < 4.78 is 12.2. The number of hydrogen-bond acceptors (Lipinski definition) is 5. The third-order valence-electron chi connectivity index (χ3n) is 9.65. The standard InChI is InChI=1S/C36H48N4O4/c1-24(2)40-23-31(21-37-40)29-7-6-8-33(20-29)39(35(41)28-13-16-32(17-14-28)38-36(42)44-5)22-26-9-11-27(12-10-26)30-15-18-34(43-4)25(3)19-30/h6-8,15,18-21,23-24,26-28,32H,9-14,16-17,22H2,1-5H3,(H,38,42). The number of methoxy groups -OCH3 is 2. The highest BCUT2D eigenvalue weighted by atomic mass is 16.5. The largest absolute Gasteiger partial charge is 0.496 e. The van der Waals surface area contributed by atoms with Crippen LogP contribution in [0.5, 0.6) is 5.75 Å². The average molecular weight is 601 g/mol. The number of benzene rings is 2. The van der Waals surface area contributed by atoms with E-state index in [2.05, 4.69) is 84.7 Å². The van der Waals surface area contributed by atoms with E-state index < -0.39 is 6.09 Å². The minimum absolute atomic E-state index is 0.0534. The summed E-state index contributed by atoms with van der Waals surface area (Å²) in [6, 6.07) is 15.3. The van der Waals surface area contributed by atoms with Crippen LogP contribution in [0, 0.1) is 18.8 Å². The number of rotatable bonds is 9. The van der Waals surface area contributed by atoms with Crippen molar-refractivity contribution in [3.8, 4) is 16.9 Å². The second kappa shape index (κ2) is 14.3. The van der Waals surface area contributed by atoms with E-state index in [-0.39, 0.29) is 23.9 Å². The summed E-state index contributed by atoms with van der Waals surface area (Å²) in [6.07, 6.45) is 11.1. The molecule has 0 unspecified atom stereocenters. The molecule has 2 saturated carbocycles. The third kappa shape index (κ3) is 7.45. The van der Waals surface area contributed by atoms with Gasteiger partial charge >= 0.3 is 6.09 Å². The van der Waals surface area contributed by atoms with E-state index in [1.54, 1.807) is 7.11 Å². The minimum Gasteiger partial charge on any atom is -0.496 e. The Bertz CT molecular complexity index is 1420. The number of carbonyl (C=O) groups excluding carboxylic acids is 2. The summed E-state index contributed by atoms with van der Waals surface area (Å²) in [5.74, 6) is 2.06. The molecule has 0 aliphatic heterocycles. The van der Waals surface area contributed by atoms with Crippen molar-refractivity contribution in [2.45, 2.75) is 90.1 Å². The topological polar surface area (TPSA) is 85.7 Å². The summed E-state index contributed by atoms with van der Waals surface area (Å²) in [7, 11) is 3.11. The van der Waals surface area contributed by atoms with Crippen LogP contribution in [0.2, 0.25) is 0 Å². The summed E-state index contributed by atoms with van der Waals surface area (Å²) >= 11 is 0. The van der Waals surface area contributed by atoms with Crippen molar-refractivity contribution in [3.05, 3.63) is 66.0 Å². The number of nitrogens with one attached hydrogen (secondary N) is 1. The fraction of sp³-hybridized carbons (Fsp3) is 0.528. The van der Waals surface area contributed by atoms with Crippen LogP contribution in [0.25, 0.3) is 11.1 Å². The maximum Gasteiger partial charge on any atom is 0.407 e. The van der Waals surface area contributed by atoms with Gasteiger partial charge in [0.1, 0.15) is 5.75 Å². The van der Waals surface area contributed by atoms with E-state index in [9.17, 15) is 9.59 Å². The van der Waals surface area contributed by atoms with Gasteiger partial charge in [0.05, 0.1) is 20.4 Å². The lowest BCUT2D eigenvalue weighted by molar-refractivity contribution is -0.123. The molecule has 2 aliphatic carbocycles. The van der Waals surface area contributed by atoms with Crippen molar-refractivity contribution in [1.29, 1.82) is 0 Å². The van der Waals surface area contributed by atoms with Gasteiger partial charge in [-0.05, 0) is 119 Å². The van der Waals surface area contributed by atoms with Crippen LogP contribution in [-0.2, 0) is 9.53 Å². The first-order chi connectivity index (χ1) is 21.2. The van der Waals surface area contributed by atoms with Gasteiger partial charge in [0.15, 0.2) is 0 Å². The molecular weight excluding hydrogens is 552 g/mol. The molecule has 1 N–H and O–H groups in total. The van der Waals surface area contributed by atoms with Crippen LogP contribution in [0.1, 0.15) is 88.3 Å². The van der Waals surface area contributed by atoms with E-state index >= 15 is 0 Å². The smallest absolute Gasteiger partial charge is 0.407 e. The first-order valence-corrected chi connectivity index (χ1v) is 16.2. The predicted molar refractivity (Wildman–Crippen MR) is 174 cm³/mol. The number of amides is 2. The van der Waals surface area contributed by atoms with E-state index in [1.165, 1.54) is 18.2 Å². The molecule has 1 heterocycles. The Kier molecular flexibility index (Phi) is 10.3. The van der Waals surface area contributed by atoms with Gasteiger partial charge in [-0.3, -0.25) is 9.48 Å². The van der Waals surface area contributed by atoms with Crippen LogP contribution >= 0.6 is 0 Å². The van der Waals surface area contributed by atoms with Crippen LogP contribution in [0.15, 0.2) is 54.9 Å². The van der Waals surface area contributed by atoms with Crippen LogP contribution < -0.4 is 15.0 Å².